The molecule has 1 fully saturated rings. The zero-order valence-electron chi connectivity index (χ0n) is 31.9. The van der Waals surface area contributed by atoms with Crippen LogP contribution in [0.1, 0.15) is 170 Å². The maximum atomic E-state index is 12.5. The van der Waals surface area contributed by atoms with Gasteiger partial charge in [-0.25, -0.2) is 0 Å². The van der Waals surface area contributed by atoms with Crippen molar-refractivity contribution in [1.82, 2.24) is 0 Å². The van der Waals surface area contributed by atoms with Gasteiger partial charge in [-0.1, -0.05) is 157 Å². The minimum atomic E-state index is -4.08. The average molecular weight is 707 g/mol. The highest BCUT2D eigenvalue weighted by Gasteiger charge is 2.45. The summed E-state index contributed by atoms with van der Waals surface area (Å²) in [7, 11) is -4.08. The summed E-state index contributed by atoms with van der Waals surface area (Å²) in [5.74, 6) is 3.84. The third kappa shape index (κ3) is 21.3. The molecule has 0 bridgehead atoms. The summed E-state index contributed by atoms with van der Waals surface area (Å²) >= 11 is 0. The minimum absolute atomic E-state index is 0.127. The van der Waals surface area contributed by atoms with Gasteiger partial charge in [0, 0.05) is 0 Å². The lowest BCUT2D eigenvalue weighted by Gasteiger charge is -2.40. The summed E-state index contributed by atoms with van der Waals surface area (Å²) < 4.78 is 23.1. The third-order valence-electron chi connectivity index (χ3n) is 10.9. The van der Waals surface area contributed by atoms with E-state index in [1.165, 1.54) is 109 Å². The van der Waals surface area contributed by atoms with Gasteiger partial charge >= 0.3 is 7.60 Å². The molecule has 5 N–H and O–H groups in total. The van der Waals surface area contributed by atoms with Crippen LogP contribution in [0.3, 0.4) is 0 Å². The average Bonchev–Trinajstić information content (AvgIpc) is 3.03. The van der Waals surface area contributed by atoms with Crippen LogP contribution in [0.5, 0.6) is 0 Å². The Balaban J connectivity index is 2.06. The molecular weight excluding hydrogens is 627 g/mol. The van der Waals surface area contributed by atoms with Crippen LogP contribution in [0.25, 0.3) is 0 Å². The molecule has 288 valence electrons. The molecule has 8 nitrogen and oxygen atoms in total. The van der Waals surface area contributed by atoms with Gasteiger partial charge in [0.1, 0.15) is 24.4 Å². The number of aliphatic hydroxyl groups excluding tert-OH is 4. The second-order valence-corrected chi connectivity index (χ2v) is 18.0. The molecule has 0 amide bonds. The summed E-state index contributed by atoms with van der Waals surface area (Å²) in [6.45, 7) is 13.8. The smallest absolute Gasteiger partial charge is 0.330 e. The molecule has 0 saturated carbocycles. The summed E-state index contributed by atoms with van der Waals surface area (Å²) in [5, 5.41) is 39.2. The quantitative estimate of drug-likeness (QED) is 0.0369. The number of aliphatic hydroxyl groups is 4. The lowest BCUT2D eigenvalue weighted by atomic mass is 9.89. The van der Waals surface area contributed by atoms with Crippen LogP contribution in [-0.2, 0) is 13.8 Å². The van der Waals surface area contributed by atoms with Crippen molar-refractivity contribution in [2.45, 2.75) is 200 Å². The van der Waals surface area contributed by atoms with E-state index in [0.717, 1.165) is 36.5 Å². The summed E-state index contributed by atoms with van der Waals surface area (Å²) in [6, 6.07) is 0. The Kier molecular flexibility index (Phi) is 25.6. The number of hydrogen-bond donors (Lipinski definition) is 5. The monoisotopic (exact) mass is 707 g/mol. The fraction of sp³-hybridized carbons (Fsp3) is 1.00. The highest BCUT2D eigenvalue weighted by Crippen LogP contribution is 2.45. The van der Waals surface area contributed by atoms with Crippen molar-refractivity contribution in [2.24, 2.45) is 29.6 Å². The van der Waals surface area contributed by atoms with Crippen molar-refractivity contribution in [3.8, 4) is 0 Å². The molecule has 1 aliphatic heterocycles. The normalized spacial score (nSPS) is 26.1. The lowest BCUT2D eigenvalue weighted by molar-refractivity contribution is -0.223. The van der Waals surface area contributed by atoms with Crippen molar-refractivity contribution in [3.05, 3.63) is 0 Å². The van der Waals surface area contributed by atoms with E-state index in [4.69, 9.17) is 9.26 Å². The summed E-state index contributed by atoms with van der Waals surface area (Å²) in [4.78, 5) is 10.2. The zero-order valence-corrected chi connectivity index (χ0v) is 32.8. The Labute approximate surface area is 295 Å². The van der Waals surface area contributed by atoms with E-state index < -0.39 is 50.9 Å². The van der Waals surface area contributed by atoms with E-state index in [2.05, 4.69) is 41.5 Å². The topological polar surface area (TPSA) is 137 Å². The molecule has 1 saturated heterocycles. The fourth-order valence-electron chi connectivity index (χ4n) is 7.33. The van der Waals surface area contributed by atoms with Gasteiger partial charge in [0.05, 0.1) is 25.5 Å². The predicted octanol–water partition coefficient (Wildman–Crippen LogP) is 9.03. The first-order valence-corrected chi connectivity index (χ1v) is 21.8. The van der Waals surface area contributed by atoms with Gasteiger partial charge in [-0.3, -0.25) is 4.57 Å². The number of rotatable bonds is 30. The maximum absolute atomic E-state index is 12.5. The second-order valence-electron chi connectivity index (χ2n) is 16.1. The van der Waals surface area contributed by atoms with Gasteiger partial charge in [0.25, 0.3) is 0 Å². The molecule has 0 aromatic heterocycles. The van der Waals surface area contributed by atoms with E-state index >= 15 is 0 Å². The van der Waals surface area contributed by atoms with Gasteiger partial charge < -0.3 is 34.6 Å². The molecule has 11 atom stereocenters. The molecule has 0 radical (unpaired) electrons. The summed E-state index contributed by atoms with van der Waals surface area (Å²) in [6.07, 6.45) is 18.5. The van der Waals surface area contributed by atoms with Crippen LogP contribution in [-0.4, -0.2) is 75.2 Å². The Hall–Kier alpha value is -0.0500. The SMILES string of the molecule is CCCCCCC[C@H](C)CCC[C@H](C)CCC[C@H](C)CCC[C@H](C)CCC[C@H](C)CCCOP(=O)(O)C[C@@H]1O[C@H](CO)[C@@H](O)[C@H](O)[C@@H]1O. The molecule has 48 heavy (non-hydrogen) atoms. The van der Waals surface area contributed by atoms with E-state index in [-0.39, 0.29) is 6.61 Å². The van der Waals surface area contributed by atoms with Crippen LogP contribution in [0.4, 0.5) is 0 Å². The number of hydrogen-bond acceptors (Lipinski definition) is 7. The lowest BCUT2D eigenvalue weighted by Crippen LogP contribution is -2.59. The molecule has 1 aliphatic rings. The highest BCUT2D eigenvalue weighted by atomic mass is 31.2. The molecule has 0 spiro atoms. The highest BCUT2D eigenvalue weighted by molar-refractivity contribution is 7.52. The molecule has 0 aromatic rings. The van der Waals surface area contributed by atoms with Crippen molar-refractivity contribution < 1.29 is 39.1 Å². The van der Waals surface area contributed by atoms with E-state index in [9.17, 15) is 29.9 Å². The van der Waals surface area contributed by atoms with Crippen LogP contribution >= 0.6 is 7.60 Å². The van der Waals surface area contributed by atoms with Gasteiger partial charge in [0.15, 0.2) is 0 Å². The molecule has 1 unspecified atom stereocenters. The van der Waals surface area contributed by atoms with Crippen LogP contribution < -0.4 is 0 Å². The number of ether oxygens (including phenoxy) is 1. The summed E-state index contributed by atoms with van der Waals surface area (Å²) in [5.41, 5.74) is 0. The van der Waals surface area contributed by atoms with Crippen molar-refractivity contribution in [3.63, 3.8) is 0 Å². The third-order valence-corrected chi connectivity index (χ3v) is 12.3. The van der Waals surface area contributed by atoms with Crippen molar-refractivity contribution in [2.75, 3.05) is 19.4 Å². The van der Waals surface area contributed by atoms with Gasteiger partial charge in [-0.05, 0) is 42.4 Å². The molecule has 0 aromatic carbocycles. The molecular formula is C39H79O8P. The van der Waals surface area contributed by atoms with Crippen molar-refractivity contribution >= 4 is 7.60 Å². The van der Waals surface area contributed by atoms with Gasteiger partial charge in [-0.2, -0.15) is 0 Å². The molecule has 1 rings (SSSR count). The maximum Gasteiger partial charge on any atom is 0.330 e. The predicted molar refractivity (Wildman–Crippen MR) is 198 cm³/mol. The van der Waals surface area contributed by atoms with Crippen LogP contribution in [0, 0.1) is 29.6 Å². The fourth-order valence-corrected chi connectivity index (χ4v) is 8.60. The Bertz CT molecular complexity index is 813. The largest absolute Gasteiger partial charge is 0.394 e. The van der Waals surface area contributed by atoms with Crippen LogP contribution in [0.2, 0.25) is 0 Å². The van der Waals surface area contributed by atoms with Crippen LogP contribution in [0.15, 0.2) is 0 Å². The molecule has 1 heterocycles. The second kappa shape index (κ2) is 26.7. The Morgan fingerprint density at radius 2 is 0.938 bits per heavy atom. The first-order chi connectivity index (χ1) is 22.8. The molecule has 9 heteroatoms. The van der Waals surface area contributed by atoms with E-state index in [0.29, 0.717) is 12.3 Å². The van der Waals surface area contributed by atoms with Crippen molar-refractivity contribution in [1.29, 1.82) is 0 Å². The minimum Gasteiger partial charge on any atom is -0.394 e. The van der Waals surface area contributed by atoms with E-state index in [1.54, 1.807) is 0 Å². The number of unbranched alkanes of at least 4 members (excludes halogenated alkanes) is 4. The first kappa shape index (κ1) is 46.0. The van der Waals surface area contributed by atoms with Gasteiger partial charge in [-0.15, -0.1) is 0 Å². The Morgan fingerprint density at radius 1 is 0.562 bits per heavy atom. The molecule has 0 aliphatic carbocycles. The Morgan fingerprint density at radius 3 is 1.35 bits per heavy atom. The zero-order chi connectivity index (χ0) is 36.0. The first-order valence-electron chi connectivity index (χ1n) is 20.1. The van der Waals surface area contributed by atoms with Gasteiger partial charge in [0.2, 0.25) is 0 Å². The van der Waals surface area contributed by atoms with E-state index in [1.807, 2.05) is 0 Å². The standard InChI is InChI=1S/C39H79O8P/c1-7-8-9-10-11-17-30(2)18-12-19-31(3)20-13-21-32(4)22-14-23-33(5)24-15-25-34(6)26-16-27-46-48(44,45)29-36-38(42)39(43)37(41)35(28-40)47-36/h30-43H,7-29H2,1-6H3,(H,44,45)/t30-,31-,32-,33-,34-,35+,36-,37+,38+,39-/m0/s1.